The number of nitrogens with two attached hydrogens (primary N) is 1. The molecule has 0 saturated heterocycles. The second kappa shape index (κ2) is 17.7. The molecule has 0 radical (unpaired) electrons. The molecule has 51 heavy (non-hydrogen) atoms. The first-order chi connectivity index (χ1) is 24.3. The van der Waals surface area contributed by atoms with Crippen LogP contribution in [0.25, 0.3) is 0 Å². The molecule has 1 aromatic carbocycles. The molecule has 4 fully saturated rings. The first kappa shape index (κ1) is 40.6. The van der Waals surface area contributed by atoms with E-state index >= 15 is 0 Å². The number of benzene rings is 1. The topological polar surface area (TPSA) is 140 Å². The van der Waals surface area contributed by atoms with Gasteiger partial charge < -0.3 is 21.1 Å². The fourth-order valence-electron chi connectivity index (χ4n) is 11.6. The van der Waals surface area contributed by atoms with Gasteiger partial charge in [-0.2, -0.15) is 8.42 Å². The molecule has 10 heteroatoms. The molecule has 5 unspecified atom stereocenters. The van der Waals surface area contributed by atoms with Crippen LogP contribution in [0.15, 0.2) is 30.3 Å². The number of nitrogens with one attached hydrogen (secondary N) is 2. The summed E-state index contributed by atoms with van der Waals surface area (Å²) >= 11 is 0. The molecule has 5 rings (SSSR count). The summed E-state index contributed by atoms with van der Waals surface area (Å²) in [5.74, 6) is 2.57. The molecule has 0 heterocycles. The summed E-state index contributed by atoms with van der Waals surface area (Å²) in [6.45, 7) is 15.1. The van der Waals surface area contributed by atoms with Gasteiger partial charge in [0.25, 0.3) is 0 Å². The van der Waals surface area contributed by atoms with Crippen LogP contribution in [0.1, 0.15) is 128 Å². The van der Waals surface area contributed by atoms with E-state index in [0.29, 0.717) is 53.5 Å². The highest BCUT2D eigenvalue weighted by Gasteiger charge is 2.63. The Labute approximate surface area is 309 Å². The number of esters is 1. The van der Waals surface area contributed by atoms with Crippen LogP contribution in [-0.2, 0) is 19.3 Å². The number of fused-ring (bicyclic) bond motifs is 5. The summed E-state index contributed by atoms with van der Waals surface area (Å²) < 4.78 is 44.3. The lowest BCUT2D eigenvalue weighted by molar-refractivity contribution is -0.168. The third-order valence-corrected chi connectivity index (χ3v) is 14.8. The Morgan fingerprint density at radius 2 is 1.63 bits per heavy atom. The van der Waals surface area contributed by atoms with Crippen molar-refractivity contribution < 1.29 is 26.7 Å². The van der Waals surface area contributed by atoms with Crippen molar-refractivity contribution in [2.45, 2.75) is 136 Å². The number of hydrogen-bond donors (Lipinski definition) is 4. The average Bonchev–Trinajstić information content (AvgIpc) is 3.45. The van der Waals surface area contributed by atoms with Crippen molar-refractivity contribution in [1.29, 1.82) is 0 Å². The molecule has 0 spiro atoms. The van der Waals surface area contributed by atoms with Crippen LogP contribution in [0.5, 0.6) is 0 Å². The van der Waals surface area contributed by atoms with Gasteiger partial charge in [0, 0.05) is 12.0 Å². The number of hydrogen-bond acceptors (Lipinski definition) is 8. The zero-order valence-electron chi connectivity index (χ0n) is 32.2. The predicted octanol–water partition coefficient (Wildman–Crippen LogP) is 7.42. The molecule has 0 bridgehead atoms. The lowest BCUT2D eigenvalue weighted by Gasteiger charge is -2.63. The molecular formula is C41H69N3O6S. The minimum Gasteiger partial charge on any atom is -0.458 e. The van der Waals surface area contributed by atoms with Crippen molar-refractivity contribution in [3.8, 4) is 0 Å². The fourth-order valence-corrected chi connectivity index (χ4v) is 12.2. The van der Waals surface area contributed by atoms with E-state index in [-0.39, 0.29) is 28.8 Å². The van der Waals surface area contributed by atoms with Crippen LogP contribution in [0.3, 0.4) is 0 Å². The number of unbranched alkanes of at least 4 members (excludes halogenated alkanes) is 1. The van der Waals surface area contributed by atoms with E-state index in [1.807, 2.05) is 44.2 Å². The van der Waals surface area contributed by atoms with Gasteiger partial charge in [-0.3, -0.25) is 4.55 Å². The molecule has 0 aliphatic heterocycles. The lowest BCUT2D eigenvalue weighted by atomic mass is 9.43. The van der Waals surface area contributed by atoms with E-state index in [4.69, 9.17) is 14.7 Å². The Kier molecular flexibility index (Phi) is 14.1. The highest BCUT2D eigenvalue weighted by atomic mass is 32.3. The van der Waals surface area contributed by atoms with Crippen molar-refractivity contribution in [2.75, 3.05) is 26.2 Å². The maximum Gasteiger partial charge on any atom is 0.397 e. The molecule has 0 aromatic heterocycles. The molecule has 9 nitrogen and oxygen atoms in total. The molecule has 0 amide bonds. The Hall–Kier alpha value is -1.56. The van der Waals surface area contributed by atoms with Gasteiger partial charge in [-0.15, -0.1) is 0 Å². The molecule has 290 valence electrons. The van der Waals surface area contributed by atoms with Crippen molar-refractivity contribution >= 4 is 16.4 Å². The van der Waals surface area contributed by atoms with E-state index in [1.54, 1.807) is 0 Å². The van der Waals surface area contributed by atoms with Gasteiger partial charge in [0.2, 0.25) is 0 Å². The van der Waals surface area contributed by atoms with E-state index in [0.717, 1.165) is 77.5 Å². The number of rotatable bonds is 18. The molecule has 5 N–H and O–H groups in total. The summed E-state index contributed by atoms with van der Waals surface area (Å²) in [7, 11) is -4.50. The van der Waals surface area contributed by atoms with Gasteiger partial charge in [-0.05, 0) is 168 Å². The SMILES string of the molecule is CC(C)[C@@H](CC[C@@H](C)C1CCC2C3C(OC(=O)c4ccccc4)C[C@H]4C[C@@H](NCCCNCCCCN)CC[C@]4(C)C3CC[C@@]21C)OS(=O)(=O)O. The molecule has 4 aliphatic rings. The van der Waals surface area contributed by atoms with Crippen LogP contribution in [0, 0.1) is 52.3 Å². The standard InChI is InChI=1S/C41H69N3O6S/c1-28(2)36(50-51(46,47)48)17-14-29(3)33-15-16-34-38-35(19-21-41(33,34)5)40(4)20-18-32(44-25-11-24-43-23-10-9-22-42)26-31(40)27-37(38)49-39(45)30-12-7-6-8-13-30/h6-8,12-13,28-29,31-38,43-44H,9-11,14-27,42H2,1-5H3,(H,46,47,48)/t29-,31-,32+,33?,34?,35?,36-,37?,38?,40+,41-/m1/s1. The zero-order chi connectivity index (χ0) is 36.8. The smallest absolute Gasteiger partial charge is 0.397 e. The van der Waals surface area contributed by atoms with E-state index in [2.05, 4.69) is 31.4 Å². The first-order valence-electron chi connectivity index (χ1n) is 20.3. The van der Waals surface area contributed by atoms with Crippen molar-refractivity contribution in [2.24, 2.45) is 58.0 Å². The summed E-state index contributed by atoms with van der Waals surface area (Å²) in [6.07, 6.45) is 13.3. The summed E-state index contributed by atoms with van der Waals surface area (Å²) in [4.78, 5) is 13.7. The third kappa shape index (κ3) is 9.76. The molecule has 4 saturated carbocycles. The maximum atomic E-state index is 13.7. The van der Waals surface area contributed by atoms with Crippen molar-refractivity contribution in [3.05, 3.63) is 35.9 Å². The third-order valence-electron chi connectivity index (χ3n) is 14.4. The predicted molar refractivity (Wildman–Crippen MR) is 203 cm³/mol. The second-order valence-corrected chi connectivity index (χ2v) is 18.7. The Morgan fingerprint density at radius 1 is 0.922 bits per heavy atom. The highest BCUT2D eigenvalue weighted by molar-refractivity contribution is 7.80. The Bertz CT molecular complexity index is 1360. The maximum absolute atomic E-state index is 13.7. The Morgan fingerprint density at radius 3 is 2.33 bits per heavy atom. The minimum absolute atomic E-state index is 0.0173. The number of ether oxygens (including phenoxy) is 1. The largest absolute Gasteiger partial charge is 0.458 e. The quantitative estimate of drug-likeness (QED) is 0.0690. The van der Waals surface area contributed by atoms with Crippen molar-refractivity contribution in [1.82, 2.24) is 10.6 Å². The fraction of sp³-hybridized carbons (Fsp3) is 0.829. The second-order valence-electron chi connectivity index (χ2n) is 17.7. The monoisotopic (exact) mass is 731 g/mol. The van der Waals surface area contributed by atoms with Crippen LogP contribution in [0.4, 0.5) is 0 Å². The molecule has 4 aliphatic carbocycles. The average molecular weight is 732 g/mol. The lowest BCUT2D eigenvalue weighted by Crippen LogP contribution is -2.60. The molecular weight excluding hydrogens is 663 g/mol. The van der Waals surface area contributed by atoms with E-state index < -0.39 is 16.5 Å². The van der Waals surface area contributed by atoms with Crippen LogP contribution >= 0.6 is 0 Å². The van der Waals surface area contributed by atoms with Crippen LogP contribution < -0.4 is 16.4 Å². The number of carbonyl (C=O) groups excluding carboxylic acids is 1. The summed E-state index contributed by atoms with van der Waals surface area (Å²) in [5, 5.41) is 7.46. The minimum atomic E-state index is -4.50. The van der Waals surface area contributed by atoms with Gasteiger partial charge in [-0.1, -0.05) is 52.8 Å². The molecule has 11 atom stereocenters. The molecule has 1 aromatic rings. The van der Waals surface area contributed by atoms with Gasteiger partial charge in [0.1, 0.15) is 6.10 Å². The Balaban J connectivity index is 1.29. The van der Waals surface area contributed by atoms with Crippen molar-refractivity contribution in [3.63, 3.8) is 0 Å². The van der Waals surface area contributed by atoms with Gasteiger partial charge in [0.15, 0.2) is 0 Å². The summed E-state index contributed by atoms with van der Waals surface area (Å²) in [5.41, 5.74) is 6.63. The zero-order valence-corrected chi connectivity index (χ0v) is 33.0. The normalized spacial score (nSPS) is 34.7. The van der Waals surface area contributed by atoms with Crippen LogP contribution in [0.2, 0.25) is 0 Å². The number of carbonyl (C=O) groups is 1. The highest BCUT2D eigenvalue weighted by Crippen LogP contribution is 2.69. The van der Waals surface area contributed by atoms with Gasteiger partial charge in [0.05, 0.1) is 11.7 Å². The summed E-state index contributed by atoms with van der Waals surface area (Å²) in [6, 6.07) is 10.0. The first-order valence-corrected chi connectivity index (χ1v) is 21.7. The van der Waals surface area contributed by atoms with Gasteiger partial charge in [-0.25, -0.2) is 8.98 Å². The van der Waals surface area contributed by atoms with Crippen LogP contribution in [-0.4, -0.2) is 63.4 Å². The van der Waals surface area contributed by atoms with E-state index in [9.17, 15) is 17.8 Å². The van der Waals surface area contributed by atoms with E-state index in [1.165, 1.54) is 25.7 Å². The van der Waals surface area contributed by atoms with Gasteiger partial charge >= 0.3 is 16.4 Å².